The molecule has 0 fully saturated rings. The third-order valence-corrected chi connectivity index (χ3v) is 8.71. The van der Waals surface area contributed by atoms with Crippen molar-refractivity contribution in [3.05, 3.63) is 76.4 Å². The van der Waals surface area contributed by atoms with Crippen molar-refractivity contribution in [2.24, 2.45) is 28.2 Å². The lowest BCUT2D eigenvalue weighted by Gasteiger charge is -2.10. The van der Waals surface area contributed by atoms with Gasteiger partial charge in [0.05, 0.1) is 65.9 Å². The zero-order valence-electron chi connectivity index (χ0n) is 28.8. The summed E-state index contributed by atoms with van der Waals surface area (Å²) in [5.74, 6) is 2.18. The normalized spacial score (nSPS) is 11.6. The maximum absolute atomic E-state index is 9.33. The minimum atomic E-state index is -0.423. The van der Waals surface area contributed by atoms with Crippen molar-refractivity contribution in [3.8, 4) is 0 Å². The maximum atomic E-state index is 9.33. The van der Waals surface area contributed by atoms with Gasteiger partial charge in [0.25, 0.3) is 0 Å². The molecule has 0 radical (unpaired) electrons. The fraction of sp³-hybridized carbons (Fsp3) is 0.600. The van der Waals surface area contributed by atoms with Crippen LogP contribution in [0.25, 0.3) is 5.57 Å². The van der Waals surface area contributed by atoms with Crippen LogP contribution in [0.5, 0.6) is 0 Å². The number of aryl methyl sites for hydroxylation is 2. The summed E-state index contributed by atoms with van der Waals surface area (Å²) in [6.07, 6.45) is 10.9. The molecule has 0 aliphatic carbocycles. The van der Waals surface area contributed by atoms with Crippen molar-refractivity contribution >= 4 is 47.7 Å². The molecule has 0 aromatic carbocycles. The van der Waals surface area contributed by atoms with Crippen LogP contribution in [0.2, 0.25) is 10.6 Å². The molecule has 50 heavy (non-hydrogen) atoms. The number of allylic oxidation sites excluding steroid dienone is 1. The summed E-state index contributed by atoms with van der Waals surface area (Å²) in [6, 6.07) is 0. The van der Waals surface area contributed by atoms with E-state index in [0.29, 0.717) is 10.6 Å². The van der Waals surface area contributed by atoms with Gasteiger partial charge in [0, 0.05) is 60.0 Å². The van der Waals surface area contributed by atoms with Crippen molar-refractivity contribution in [2.45, 2.75) is 115 Å². The number of aromatic nitrogens is 8. The molecule has 4 aromatic rings. The van der Waals surface area contributed by atoms with Gasteiger partial charge in [-0.15, -0.1) is 0 Å². The minimum absolute atomic E-state index is 0. The summed E-state index contributed by atoms with van der Waals surface area (Å²) in [6.45, 7) is 15.7. The van der Waals surface area contributed by atoms with Gasteiger partial charge >= 0.3 is 0 Å². The van der Waals surface area contributed by atoms with Gasteiger partial charge < -0.3 is 32.4 Å². The standard InChI is InChI=1S/C9H17N2OP.C9H16N2O.C7H9ClN2.C6H10ClN2OP.4CH4/c1-4-5-9-10-6-8(11(9)3)7(2)12-13;1-4-5-9-10-6-8(7(2)12)11(9)3;1-5(2)6-4-9-7(8)10(6)3;1-4(10-11)5-3-8-6(7)9(5)2;;;;/h6-7H,4-5,13H2,1-3H3;6-7,12H,4-5H2,1-3H3;4H,1H2,2-3H3;3-4H,11H2,1-2H3;4*1H4. The van der Waals surface area contributed by atoms with Crippen molar-refractivity contribution in [3.63, 3.8) is 0 Å². The van der Waals surface area contributed by atoms with E-state index in [2.05, 4.69) is 63.9 Å². The number of halogens is 2. The molecule has 0 aliphatic rings. The third-order valence-electron chi connectivity index (χ3n) is 7.19. The first kappa shape index (κ1) is 54.7. The molecular weight excluding hydrogens is 713 g/mol. The van der Waals surface area contributed by atoms with Gasteiger partial charge in [0.1, 0.15) is 11.6 Å². The molecule has 0 spiro atoms. The number of aliphatic hydroxyl groups is 1. The summed E-state index contributed by atoms with van der Waals surface area (Å²) in [5.41, 5.74) is 4.92. The molecule has 4 rings (SSSR count). The Morgan fingerprint density at radius 1 is 0.700 bits per heavy atom. The number of imidazole rings is 4. The Kier molecular flexibility index (Phi) is 30.1. The van der Waals surface area contributed by atoms with Gasteiger partial charge in [0.15, 0.2) is 0 Å². The van der Waals surface area contributed by atoms with Gasteiger partial charge in [-0.05, 0) is 69.3 Å². The van der Waals surface area contributed by atoms with E-state index in [1.54, 1.807) is 34.6 Å². The maximum Gasteiger partial charge on any atom is 0.202 e. The van der Waals surface area contributed by atoms with Crippen molar-refractivity contribution < 1.29 is 14.2 Å². The topological polar surface area (TPSA) is 110 Å². The van der Waals surface area contributed by atoms with E-state index in [4.69, 9.17) is 32.2 Å². The first-order chi connectivity index (χ1) is 21.7. The molecule has 11 nitrogen and oxygen atoms in total. The molecule has 0 amide bonds. The van der Waals surface area contributed by atoms with Crippen molar-refractivity contribution in [1.82, 2.24) is 38.2 Å². The molecule has 4 aromatic heterocycles. The Labute approximate surface area is 318 Å². The van der Waals surface area contributed by atoms with E-state index in [1.807, 2.05) is 59.7 Å². The van der Waals surface area contributed by atoms with E-state index in [9.17, 15) is 5.11 Å². The predicted octanol–water partition coefficient (Wildman–Crippen LogP) is 10.3. The van der Waals surface area contributed by atoms with E-state index >= 15 is 0 Å². The van der Waals surface area contributed by atoms with E-state index in [-0.39, 0.29) is 41.9 Å². The highest BCUT2D eigenvalue weighted by Crippen LogP contribution is 2.21. The highest BCUT2D eigenvalue weighted by Gasteiger charge is 2.12. The number of hydrogen-bond donors (Lipinski definition) is 1. The second-order valence-corrected chi connectivity index (χ2v) is 12.0. The monoisotopic (exact) mass is 780 g/mol. The molecule has 5 unspecified atom stereocenters. The SMILES string of the molecule is C.C.C.C.C=C(C)c1cnc(Cl)n1C.CC(OP)c1cnc(Cl)n1C.CCCc1ncc(C(C)O)n1C.CCCc1ncc(C(C)OP)n1C. The zero-order chi connectivity index (χ0) is 35.1. The second-order valence-electron chi connectivity index (χ2n) is 10.8. The van der Waals surface area contributed by atoms with Crippen LogP contribution in [0.3, 0.4) is 0 Å². The van der Waals surface area contributed by atoms with Crippen LogP contribution in [0.4, 0.5) is 0 Å². The van der Waals surface area contributed by atoms with Crippen LogP contribution in [0, 0.1) is 0 Å². The van der Waals surface area contributed by atoms with Crippen LogP contribution >= 0.6 is 42.1 Å². The van der Waals surface area contributed by atoms with Gasteiger partial charge in [-0.1, -0.05) is 50.1 Å². The van der Waals surface area contributed by atoms with Crippen molar-refractivity contribution in [1.29, 1.82) is 0 Å². The molecule has 0 bridgehead atoms. The quantitative estimate of drug-likeness (QED) is 0.160. The summed E-state index contributed by atoms with van der Waals surface area (Å²) in [4.78, 5) is 16.4. The zero-order valence-corrected chi connectivity index (χ0v) is 32.7. The molecule has 290 valence electrons. The molecule has 15 heteroatoms. The van der Waals surface area contributed by atoms with Crippen molar-refractivity contribution in [2.75, 3.05) is 0 Å². The van der Waals surface area contributed by atoms with Gasteiger partial charge in [-0.25, -0.2) is 19.9 Å². The molecule has 0 saturated heterocycles. The average Bonchev–Trinajstić information content (AvgIpc) is 3.77. The van der Waals surface area contributed by atoms with Crippen LogP contribution in [0.15, 0.2) is 31.4 Å². The average molecular weight is 782 g/mol. The molecule has 5 atom stereocenters. The molecule has 1 N–H and O–H groups in total. The Morgan fingerprint density at radius 3 is 1.34 bits per heavy atom. The van der Waals surface area contributed by atoms with E-state index in [1.165, 1.54) is 0 Å². The number of nitrogens with zero attached hydrogens (tertiary/aromatic N) is 8. The Balaban J connectivity index is -0.000000276. The molecule has 4 heterocycles. The molecule has 0 aliphatic heterocycles. The summed E-state index contributed by atoms with van der Waals surface area (Å²) in [7, 11) is 12.2. The Morgan fingerprint density at radius 2 is 1.06 bits per heavy atom. The largest absolute Gasteiger partial charge is 0.387 e. The lowest BCUT2D eigenvalue weighted by molar-refractivity contribution is 0.190. The van der Waals surface area contributed by atoms with Crippen LogP contribution in [-0.2, 0) is 50.1 Å². The lowest BCUT2D eigenvalue weighted by atomic mass is 10.3. The second kappa shape index (κ2) is 27.5. The highest BCUT2D eigenvalue weighted by molar-refractivity contribution is 7.10. The predicted molar refractivity (Wildman–Crippen MR) is 222 cm³/mol. The fourth-order valence-corrected chi connectivity index (χ4v) is 4.87. The lowest BCUT2D eigenvalue weighted by Crippen LogP contribution is -2.04. The summed E-state index contributed by atoms with van der Waals surface area (Å²) < 4.78 is 17.9. The van der Waals surface area contributed by atoms with Gasteiger partial charge in [-0.3, -0.25) is 0 Å². The van der Waals surface area contributed by atoms with Gasteiger partial charge in [0.2, 0.25) is 10.6 Å². The molecular formula is C35H68Cl2N8O3P2. The minimum Gasteiger partial charge on any atom is -0.387 e. The fourth-order valence-electron chi connectivity index (χ4n) is 4.30. The van der Waals surface area contributed by atoms with Gasteiger partial charge in [-0.2, -0.15) is 0 Å². The number of hydrogen-bond acceptors (Lipinski definition) is 7. The first-order valence-electron chi connectivity index (χ1n) is 15.1. The smallest absolute Gasteiger partial charge is 0.202 e. The van der Waals surface area contributed by atoms with Crippen LogP contribution in [-0.4, -0.2) is 43.3 Å². The van der Waals surface area contributed by atoms with Crippen LogP contribution < -0.4 is 0 Å². The van der Waals surface area contributed by atoms with Crippen LogP contribution in [0.1, 0.15) is 137 Å². The number of rotatable bonds is 10. The molecule has 0 saturated carbocycles. The van der Waals surface area contributed by atoms with E-state index in [0.717, 1.165) is 65.7 Å². The summed E-state index contributed by atoms with van der Waals surface area (Å²) in [5, 5.41) is 10.3. The third kappa shape index (κ3) is 16.1. The highest BCUT2D eigenvalue weighted by atomic mass is 35.5. The Bertz CT molecular complexity index is 1480. The number of aliphatic hydroxyl groups excluding tert-OH is 1. The first-order valence-corrected chi connectivity index (χ1v) is 16.8. The Hall–Kier alpha value is -2.10. The van der Waals surface area contributed by atoms with E-state index < -0.39 is 6.10 Å². The summed E-state index contributed by atoms with van der Waals surface area (Å²) >= 11 is 11.4.